The summed E-state index contributed by atoms with van der Waals surface area (Å²) in [6.07, 6.45) is 0.320. The molecule has 3 N–H and O–H groups in total. The van der Waals surface area contributed by atoms with Crippen LogP contribution >= 0.6 is 0 Å². The molecule has 0 heterocycles. The number of ether oxygens (including phenoxy) is 1. The van der Waals surface area contributed by atoms with E-state index >= 15 is 0 Å². The Morgan fingerprint density at radius 1 is 1.44 bits per heavy atom. The fourth-order valence-electron chi connectivity index (χ4n) is 1.36. The monoisotopic (exact) mass is 252 g/mol. The Morgan fingerprint density at radius 2 is 2.17 bits per heavy atom. The predicted molar refractivity (Wildman–Crippen MR) is 66.9 cm³/mol. The summed E-state index contributed by atoms with van der Waals surface area (Å²) < 4.78 is 5.01. The Balaban J connectivity index is 2.61. The standard InChI is InChI=1S/C12H16N2O4/c1-3-10(11(15)16)14-12(17)13-8-5-4-6-9(7-8)18-2/h4-7,10H,3H2,1-2H3,(H,15,16)(H2,13,14,17)/t10-/m0/s1. The molecule has 1 atom stereocenters. The van der Waals surface area contributed by atoms with Gasteiger partial charge in [-0.05, 0) is 18.6 Å². The van der Waals surface area contributed by atoms with E-state index in [-0.39, 0.29) is 0 Å². The van der Waals surface area contributed by atoms with E-state index in [2.05, 4.69) is 10.6 Å². The van der Waals surface area contributed by atoms with Crippen molar-refractivity contribution in [2.45, 2.75) is 19.4 Å². The molecule has 0 radical (unpaired) electrons. The van der Waals surface area contributed by atoms with Crippen LogP contribution in [0.1, 0.15) is 13.3 Å². The number of hydrogen-bond donors (Lipinski definition) is 3. The second-order valence-corrected chi connectivity index (χ2v) is 3.63. The molecule has 18 heavy (non-hydrogen) atoms. The number of carbonyl (C=O) groups excluding carboxylic acids is 1. The van der Waals surface area contributed by atoms with Crippen LogP contribution in [0.5, 0.6) is 5.75 Å². The Kier molecular flexibility index (Phi) is 4.98. The lowest BCUT2D eigenvalue weighted by atomic mass is 10.2. The van der Waals surface area contributed by atoms with Crippen molar-refractivity contribution >= 4 is 17.7 Å². The number of carbonyl (C=O) groups is 2. The van der Waals surface area contributed by atoms with Crippen LogP contribution in [0, 0.1) is 0 Å². The van der Waals surface area contributed by atoms with Crippen molar-refractivity contribution in [2.75, 3.05) is 12.4 Å². The molecular formula is C12H16N2O4. The summed E-state index contributed by atoms with van der Waals surface area (Å²) in [5.74, 6) is -0.448. The minimum Gasteiger partial charge on any atom is -0.497 e. The van der Waals surface area contributed by atoms with Gasteiger partial charge in [0.15, 0.2) is 0 Å². The second kappa shape index (κ2) is 6.48. The zero-order valence-electron chi connectivity index (χ0n) is 10.3. The van der Waals surface area contributed by atoms with Gasteiger partial charge in [0.1, 0.15) is 11.8 Å². The van der Waals surface area contributed by atoms with E-state index in [1.807, 2.05) is 0 Å². The number of benzene rings is 1. The molecule has 0 bridgehead atoms. The van der Waals surface area contributed by atoms with Crippen molar-refractivity contribution in [3.63, 3.8) is 0 Å². The van der Waals surface area contributed by atoms with E-state index in [9.17, 15) is 9.59 Å². The van der Waals surface area contributed by atoms with Crippen LogP contribution in [0.25, 0.3) is 0 Å². The third-order valence-corrected chi connectivity index (χ3v) is 2.34. The molecule has 6 heteroatoms. The number of aliphatic carboxylic acids is 1. The van der Waals surface area contributed by atoms with Gasteiger partial charge in [0, 0.05) is 11.8 Å². The Hall–Kier alpha value is -2.24. The first kappa shape index (κ1) is 13.8. The van der Waals surface area contributed by atoms with Crippen LogP contribution in [0.2, 0.25) is 0 Å². The number of anilines is 1. The van der Waals surface area contributed by atoms with Gasteiger partial charge in [-0.1, -0.05) is 13.0 Å². The van der Waals surface area contributed by atoms with E-state index in [1.54, 1.807) is 31.2 Å². The van der Waals surface area contributed by atoms with Crippen molar-refractivity contribution in [1.29, 1.82) is 0 Å². The third-order valence-electron chi connectivity index (χ3n) is 2.34. The second-order valence-electron chi connectivity index (χ2n) is 3.63. The number of carboxylic acids is 1. The highest BCUT2D eigenvalue weighted by Crippen LogP contribution is 2.16. The first-order valence-electron chi connectivity index (χ1n) is 5.51. The Morgan fingerprint density at radius 3 is 2.72 bits per heavy atom. The smallest absolute Gasteiger partial charge is 0.326 e. The molecule has 1 aromatic rings. The number of rotatable bonds is 5. The minimum absolute atomic E-state index is 0.320. The average Bonchev–Trinajstić information content (AvgIpc) is 2.35. The molecule has 0 unspecified atom stereocenters. The zero-order chi connectivity index (χ0) is 13.5. The molecule has 1 aromatic carbocycles. The van der Waals surface area contributed by atoms with E-state index in [1.165, 1.54) is 7.11 Å². The molecule has 1 rings (SSSR count). The average molecular weight is 252 g/mol. The molecular weight excluding hydrogens is 236 g/mol. The molecule has 0 aliphatic heterocycles. The van der Waals surface area contributed by atoms with E-state index in [4.69, 9.17) is 9.84 Å². The molecule has 2 amide bonds. The van der Waals surface area contributed by atoms with Gasteiger partial charge in [0.2, 0.25) is 0 Å². The summed E-state index contributed by atoms with van der Waals surface area (Å²) in [5.41, 5.74) is 0.534. The van der Waals surface area contributed by atoms with Crippen LogP contribution in [-0.4, -0.2) is 30.3 Å². The molecule has 0 aliphatic rings. The SMILES string of the molecule is CC[C@H](NC(=O)Nc1cccc(OC)c1)C(=O)O. The molecule has 0 saturated carbocycles. The van der Waals surface area contributed by atoms with Crippen molar-refractivity contribution in [3.05, 3.63) is 24.3 Å². The van der Waals surface area contributed by atoms with Crippen LogP contribution in [0.15, 0.2) is 24.3 Å². The summed E-state index contributed by atoms with van der Waals surface area (Å²) in [7, 11) is 1.52. The lowest BCUT2D eigenvalue weighted by Gasteiger charge is -2.13. The van der Waals surface area contributed by atoms with Crippen LogP contribution < -0.4 is 15.4 Å². The zero-order valence-corrected chi connectivity index (χ0v) is 10.3. The van der Waals surface area contributed by atoms with Crippen LogP contribution in [0.4, 0.5) is 10.5 Å². The van der Waals surface area contributed by atoms with E-state index < -0.39 is 18.0 Å². The van der Waals surface area contributed by atoms with Crippen molar-refractivity contribution in [3.8, 4) is 5.75 Å². The first-order valence-corrected chi connectivity index (χ1v) is 5.51. The molecule has 0 aromatic heterocycles. The first-order chi connectivity index (χ1) is 8.56. The van der Waals surface area contributed by atoms with Crippen LogP contribution in [0.3, 0.4) is 0 Å². The highest BCUT2D eigenvalue weighted by atomic mass is 16.5. The lowest BCUT2D eigenvalue weighted by Crippen LogP contribution is -2.42. The van der Waals surface area contributed by atoms with Crippen molar-refractivity contribution in [2.24, 2.45) is 0 Å². The molecule has 6 nitrogen and oxygen atoms in total. The number of amides is 2. The van der Waals surface area contributed by atoms with Crippen molar-refractivity contribution in [1.82, 2.24) is 5.32 Å². The number of hydrogen-bond acceptors (Lipinski definition) is 3. The number of urea groups is 1. The normalized spacial score (nSPS) is 11.4. The summed E-state index contributed by atoms with van der Waals surface area (Å²) in [5, 5.41) is 13.7. The number of nitrogens with one attached hydrogen (secondary N) is 2. The maximum atomic E-state index is 11.6. The van der Waals surface area contributed by atoms with E-state index in [0.717, 1.165) is 0 Å². The highest BCUT2D eigenvalue weighted by molar-refractivity contribution is 5.92. The maximum Gasteiger partial charge on any atom is 0.326 e. The van der Waals surface area contributed by atoms with Gasteiger partial charge < -0.3 is 20.5 Å². The fraction of sp³-hybridized carbons (Fsp3) is 0.333. The van der Waals surface area contributed by atoms with Gasteiger partial charge in [-0.2, -0.15) is 0 Å². The van der Waals surface area contributed by atoms with Gasteiger partial charge in [0.25, 0.3) is 0 Å². The number of methoxy groups -OCH3 is 1. The maximum absolute atomic E-state index is 11.6. The minimum atomic E-state index is -1.06. The fourth-order valence-corrected chi connectivity index (χ4v) is 1.36. The van der Waals surface area contributed by atoms with Gasteiger partial charge in [-0.3, -0.25) is 0 Å². The Labute approximate surface area is 105 Å². The lowest BCUT2D eigenvalue weighted by molar-refractivity contribution is -0.139. The summed E-state index contributed by atoms with van der Waals surface area (Å²) in [4.78, 5) is 22.3. The van der Waals surface area contributed by atoms with Gasteiger partial charge in [-0.25, -0.2) is 9.59 Å². The van der Waals surface area contributed by atoms with Gasteiger partial charge in [0.05, 0.1) is 7.11 Å². The molecule has 0 aliphatic carbocycles. The largest absolute Gasteiger partial charge is 0.497 e. The third kappa shape index (κ3) is 3.97. The highest BCUT2D eigenvalue weighted by Gasteiger charge is 2.17. The summed E-state index contributed by atoms with van der Waals surface area (Å²) in [6.45, 7) is 1.69. The molecule has 0 fully saturated rings. The topological polar surface area (TPSA) is 87.7 Å². The predicted octanol–water partition coefficient (Wildman–Crippen LogP) is 1.68. The van der Waals surface area contributed by atoms with Crippen LogP contribution in [-0.2, 0) is 4.79 Å². The molecule has 98 valence electrons. The van der Waals surface area contributed by atoms with E-state index in [0.29, 0.717) is 17.9 Å². The molecule has 0 spiro atoms. The van der Waals surface area contributed by atoms with Gasteiger partial charge >= 0.3 is 12.0 Å². The quantitative estimate of drug-likeness (QED) is 0.744. The Bertz CT molecular complexity index is 434. The van der Waals surface area contributed by atoms with Crippen molar-refractivity contribution < 1.29 is 19.4 Å². The molecule has 0 saturated heterocycles. The summed E-state index contributed by atoms with van der Waals surface area (Å²) >= 11 is 0. The van der Waals surface area contributed by atoms with Gasteiger partial charge in [-0.15, -0.1) is 0 Å². The number of carboxylic acid groups (broad SMARTS) is 1. The summed E-state index contributed by atoms with van der Waals surface area (Å²) in [6, 6.07) is 5.34.